The normalized spacial score (nSPS) is 16.6. The maximum absolute atomic E-state index is 13.0. The Hall–Kier alpha value is -1.87. The highest BCUT2D eigenvalue weighted by molar-refractivity contribution is 8.16. The highest BCUT2D eigenvalue weighted by Gasteiger charge is 2.32. The van der Waals surface area contributed by atoms with E-state index in [-0.39, 0.29) is 29.7 Å². The number of rotatable bonds is 4. The van der Waals surface area contributed by atoms with Gasteiger partial charge in [0.15, 0.2) is 5.17 Å². The first-order valence-corrected chi connectivity index (χ1v) is 9.71. The molecule has 154 valence electrons. The van der Waals surface area contributed by atoms with Crippen LogP contribution in [0.5, 0.6) is 0 Å². The fourth-order valence-corrected chi connectivity index (χ4v) is 3.37. The molecule has 1 N–H and O–H groups in total. The van der Waals surface area contributed by atoms with Crippen molar-refractivity contribution in [1.82, 2.24) is 10.4 Å². The summed E-state index contributed by atoms with van der Waals surface area (Å²) in [6.45, 7) is 7.70. The van der Waals surface area contributed by atoms with E-state index >= 15 is 0 Å². The molecule has 10 heteroatoms. The van der Waals surface area contributed by atoms with E-state index in [1.807, 2.05) is 20.8 Å². The van der Waals surface area contributed by atoms with Gasteiger partial charge in [-0.2, -0.15) is 13.2 Å². The van der Waals surface area contributed by atoms with Crippen LogP contribution in [0.15, 0.2) is 34.3 Å². The van der Waals surface area contributed by atoms with Crippen LogP contribution in [0.2, 0.25) is 5.02 Å². The molecule has 0 radical (unpaired) electrons. The molecule has 28 heavy (non-hydrogen) atoms. The number of nitrogens with zero attached hydrogens (tertiary/aromatic N) is 2. The van der Waals surface area contributed by atoms with Crippen molar-refractivity contribution < 1.29 is 22.7 Å². The highest BCUT2D eigenvalue weighted by Crippen LogP contribution is 2.36. The summed E-state index contributed by atoms with van der Waals surface area (Å²) in [5, 5.41) is 3.88. The lowest BCUT2D eigenvalue weighted by atomic mass is 10.1. The predicted octanol–water partition coefficient (Wildman–Crippen LogP) is 5.49. The van der Waals surface area contributed by atoms with Gasteiger partial charge in [0, 0.05) is 11.1 Å². The van der Waals surface area contributed by atoms with Gasteiger partial charge in [-0.1, -0.05) is 23.4 Å². The SMILES string of the molecule is CCOC(=O)CC1=CSC(=Nc2cc(C(F)(F)F)ccc2Cl)N(C(C)(C)C)N1. The standard InChI is InChI=1S/C18H21ClF3N3O2S/c1-5-27-15(26)9-12-10-28-16(25(24-12)17(2,3)4)23-14-8-11(18(20,21)22)6-7-13(14)19/h6-8,10,24H,5,9H2,1-4H3. The second-order valence-electron chi connectivity index (χ2n) is 6.92. The average molecular weight is 436 g/mol. The number of carbonyl (C=O) groups is 1. The van der Waals surface area contributed by atoms with Crippen molar-refractivity contribution in [3.05, 3.63) is 39.9 Å². The van der Waals surface area contributed by atoms with Crippen LogP contribution in [0.4, 0.5) is 18.9 Å². The first-order chi connectivity index (χ1) is 12.9. The van der Waals surface area contributed by atoms with Gasteiger partial charge in [-0.05, 0) is 45.9 Å². The zero-order valence-electron chi connectivity index (χ0n) is 15.9. The molecule has 0 saturated carbocycles. The summed E-state index contributed by atoms with van der Waals surface area (Å²) < 4.78 is 44.0. The van der Waals surface area contributed by atoms with Crippen LogP contribution >= 0.6 is 23.4 Å². The molecule has 0 saturated heterocycles. The van der Waals surface area contributed by atoms with Gasteiger partial charge in [-0.15, -0.1) is 0 Å². The van der Waals surface area contributed by atoms with Crippen molar-refractivity contribution in [2.75, 3.05) is 6.61 Å². The number of thioether (sulfide) groups is 1. The minimum absolute atomic E-state index is 0.0114. The fraction of sp³-hybridized carbons (Fsp3) is 0.444. The van der Waals surface area contributed by atoms with E-state index in [4.69, 9.17) is 16.3 Å². The molecule has 0 aromatic heterocycles. The minimum atomic E-state index is -4.49. The zero-order valence-corrected chi connectivity index (χ0v) is 17.4. The molecule has 0 bridgehead atoms. The third-order valence-corrected chi connectivity index (χ3v) is 4.76. The smallest absolute Gasteiger partial charge is 0.416 e. The van der Waals surface area contributed by atoms with Crippen LogP contribution in [0.25, 0.3) is 0 Å². The van der Waals surface area contributed by atoms with Crippen molar-refractivity contribution >= 4 is 40.2 Å². The Labute approximate surface area is 170 Å². The van der Waals surface area contributed by atoms with Gasteiger partial charge in [0.25, 0.3) is 0 Å². The predicted molar refractivity (Wildman–Crippen MR) is 105 cm³/mol. The van der Waals surface area contributed by atoms with Crippen molar-refractivity contribution in [2.45, 2.75) is 45.8 Å². The number of hydrogen-bond acceptors (Lipinski definition) is 5. The summed E-state index contributed by atoms with van der Waals surface area (Å²) in [6, 6.07) is 3.00. The van der Waals surface area contributed by atoms with E-state index in [1.54, 1.807) is 17.3 Å². The summed E-state index contributed by atoms with van der Waals surface area (Å²) in [7, 11) is 0. The van der Waals surface area contributed by atoms with Gasteiger partial charge in [0.1, 0.15) is 0 Å². The summed E-state index contributed by atoms with van der Waals surface area (Å²) in [6.07, 6.45) is -4.45. The van der Waals surface area contributed by atoms with Crippen LogP contribution in [0, 0.1) is 0 Å². The second kappa shape index (κ2) is 8.65. The molecule has 5 nitrogen and oxygen atoms in total. The van der Waals surface area contributed by atoms with E-state index in [9.17, 15) is 18.0 Å². The molecular formula is C18H21ClF3N3O2S. The van der Waals surface area contributed by atoms with Gasteiger partial charge < -0.3 is 4.74 Å². The Kier molecular flexibility index (Phi) is 6.93. The van der Waals surface area contributed by atoms with Gasteiger partial charge in [0.05, 0.1) is 34.8 Å². The number of hydrazine groups is 1. The molecule has 1 aliphatic heterocycles. The third kappa shape index (κ3) is 5.81. The van der Waals surface area contributed by atoms with Gasteiger partial charge in [-0.3, -0.25) is 15.2 Å². The average Bonchev–Trinajstić information content (AvgIpc) is 2.56. The number of esters is 1. The maximum Gasteiger partial charge on any atom is 0.416 e. The van der Waals surface area contributed by atoms with Crippen LogP contribution < -0.4 is 5.43 Å². The Morgan fingerprint density at radius 2 is 2.00 bits per heavy atom. The number of aliphatic imine (C=N–C) groups is 1. The van der Waals surface area contributed by atoms with E-state index in [0.29, 0.717) is 10.9 Å². The summed E-state index contributed by atoms with van der Waals surface area (Å²) in [4.78, 5) is 16.1. The van der Waals surface area contributed by atoms with E-state index < -0.39 is 17.3 Å². The lowest BCUT2D eigenvalue weighted by molar-refractivity contribution is -0.142. The molecule has 1 aliphatic rings. The Morgan fingerprint density at radius 1 is 1.32 bits per heavy atom. The number of carbonyl (C=O) groups excluding carboxylic acids is 1. The van der Waals surface area contributed by atoms with Gasteiger partial charge in [0.2, 0.25) is 0 Å². The summed E-state index contributed by atoms with van der Waals surface area (Å²) in [5.41, 5.74) is 2.40. The van der Waals surface area contributed by atoms with Crippen molar-refractivity contribution in [3.63, 3.8) is 0 Å². The molecule has 2 rings (SSSR count). The summed E-state index contributed by atoms with van der Waals surface area (Å²) in [5.74, 6) is -0.378. The van der Waals surface area contributed by atoms with Crippen LogP contribution in [-0.4, -0.2) is 28.3 Å². The highest BCUT2D eigenvalue weighted by atomic mass is 35.5. The Bertz CT molecular complexity index is 804. The van der Waals surface area contributed by atoms with Crippen molar-refractivity contribution in [1.29, 1.82) is 0 Å². The van der Waals surface area contributed by atoms with Gasteiger partial charge in [-0.25, -0.2) is 4.99 Å². The number of amidine groups is 1. The molecule has 0 amide bonds. The zero-order chi connectivity index (χ0) is 21.1. The first kappa shape index (κ1) is 22.4. The number of nitrogens with one attached hydrogen (secondary N) is 1. The van der Waals surface area contributed by atoms with E-state index in [1.165, 1.54) is 17.8 Å². The largest absolute Gasteiger partial charge is 0.466 e. The number of hydrogen-bond donors (Lipinski definition) is 1. The lowest BCUT2D eigenvalue weighted by Gasteiger charge is -2.40. The molecule has 1 aromatic carbocycles. The number of halogens is 4. The quantitative estimate of drug-likeness (QED) is 0.633. The second-order valence-corrected chi connectivity index (χ2v) is 8.16. The van der Waals surface area contributed by atoms with Gasteiger partial charge >= 0.3 is 12.1 Å². The fourth-order valence-electron chi connectivity index (χ4n) is 2.25. The molecule has 0 atom stereocenters. The topological polar surface area (TPSA) is 53.9 Å². The molecule has 0 spiro atoms. The van der Waals surface area contributed by atoms with E-state index in [2.05, 4.69) is 10.4 Å². The van der Waals surface area contributed by atoms with Crippen molar-refractivity contribution in [2.24, 2.45) is 4.99 Å². The molecule has 0 unspecified atom stereocenters. The third-order valence-electron chi connectivity index (χ3n) is 3.55. The summed E-state index contributed by atoms with van der Waals surface area (Å²) >= 11 is 7.25. The van der Waals surface area contributed by atoms with Crippen LogP contribution in [-0.2, 0) is 15.7 Å². The molecule has 0 aliphatic carbocycles. The Morgan fingerprint density at radius 3 is 2.57 bits per heavy atom. The molecule has 1 heterocycles. The number of benzene rings is 1. The number of alkyl halides is 3. The van der Waals surface area contributed by atoms with Crippen LogP contribution in [0.3, 0.4) is 0 Å². The molecular weight excluding hydrogens is 415 g/mol. The monoisotopic (exact) mass is 435 g/mol. The Balaban J connectivity index is 2.38. The van der Waals surface area contributed by atoms with Crippen molar-refractivity contribution in [3.8, 4) is 0 Å². The lowest BCUT2D eigenvalue weighted by Crippen LogP contribution is -2.54. The number of ether oxygens (including phenoxy) is 1. The van der Waals surface area contributed by atoms with Crippen LogP contribution in [0.1, 0.15) is 39.7 Å². The maximum atomic E-state index is 13.0. The molecule has 1 aromatic rings. The first-order valence-electron chi connectivity index (χ1n) is 8.45. The molecule has 0 fully saturated rings. The van der Waals surface area contributed by atoms with E-state index in [0.717, 1.165) is 12.1 Å². The minimum Gasteiger partial charge on any atom is -0.466 e.